The Morgan fingerprint density at radius 1 is 1.43 bits per heavy atom. The van der Waals surface area contributed by atoms with Crippen molar-refractivity contribution in [3.05, 3.63) is 29.6 Å². The molecule has 0 fully saturated rings. The SMILES string of the molecule is CC(C)c1noc(COC(=O)c2ccc(S(N)(=O)=O)o2)n1. The quantitative estimate of drug-likeness (QED) is 0.799. The first-order valence-corrected chi connectivity index (χ1v) is 7.44. The summed E-state index contributed by atoms with van der Waals surface area (Å²) < 4.78 is 36.6. The maximum Gasteiger partial charge on any atom is 0.374 e. The van der Waals surface area contributed by atoms with Crippen LogP contribution in [0.25, 0.3) is 0 Å². The Balaban J connectivity index is 2.00. The number of sulfonamides is 1. The molecule has 0 amide bonds. The molecule has 0 radical (unpaired) electrons. The van der Waals surface area contributed by atoms with Crippen LogP contribution in [0, 0.1) is 0 Å². The predicted octanol–water partition coefficient (Wildman–Crippen LogP) is 0.790. The summed E-state index contributed by atoms with van der Waals surface area (Å²) in [7, 11) is -4.00. The fourth-order valence-electron chi connectivity index (χ4n) is 1.34. The third-order valence-electron chi connectivity index (χ3n) is 2.39. The van der Waals surface area contributed by atoms with Crippen molar-refractivity contribution in [1.82, 2.24) is 10.1 Å². The fourth-order valence-corrected chi connectivity index (χ4v) is 1.81. The Labute approximate surface area is 120 Å². The molecule has 10 heteroatoms. The van der Waals surface area contributed by atoms with Crippen LogP contribution in [-0.4, -0.2) is 24.5 Å². The Morgan fingerprint density at radius 3 is 2.67 bits per heavy atom. The van der Waals surface area contributed by atoms with Crippen LogP contribution in [0.2, 0.25) is 0 Å². The average Bonchev–Trinajstić information content (AvgIpc) is 3.04. The molecule has 2 N–H and O–H groups in total. The van der Waals surface area contributed by atoms with Crippen LogP contribution < -0.4 is 5.14 Å². The number of aromatic nitrogens is 2. The zero-order valence-electron chi connectivity index (χ0n) is 11.3. The molecule has 9 nitrogen and oxygen atoms in total. The second kappa shape index (κ2) is 5.66. The maximum atomic E-state index is 11.7. The van der Waals surface area contributed by atoms with Crippen molar-refractivity contribution >= 4 is 16.0 Å². The average molecular weight is 315 g/mol. The van der Waals surface area contributed by atoms with Gasteiger partial charge in [0.2, 0.25) is 10.9 Å². The molecule has 0 aromatic carbocycles. The molecule has 0 atom stereocenters. The minimum absolute atomic E-state index is 0.0839. The van der Waals surface area contributed by atoms with Crippen LogP contribution in [0.1, 0.15) is 42.0 Å². The first kappa shape index (κ1) is 15.2. The Kier molecular flexibility index (Phi) is 4.09. The van der Waals surface area contributed by atoms with Crippen LogP contribution in [0.4, 0.5) is 0 Å². The van der Waals surface area contributed by atoms with Crippen LogP contribution in [0.5, 0.6) is 0 Å². The molecular weight excluding hydrogens is 302 g/mol. The van der Waals surface area contributed by atoms with Crippen LogP contribution >= 0.6 is 0 Å². The number of primary sulfonamides is 1. The van der Waals surface area contributed by atoms with E-state index in [0.717, 1.165) is 12.1 Å². The first-order chi connectivity index (χ1) is 9.77. The summed E-state index contributed by atoms with van der Waals surface area (Å²) in [5.41, 5.74) is 0. The molecule has 21 heavy (non-hydrogen) atoms. The molecule has 114 valence electrons. The van der Waals surface area contributed by atoms with Gasteiger partial charge in [-0.05, 0) is 12.1 Å². The van der Waals surface area contributed by atoms with Gasteiger partial charge in [0.1, 0.15) is 0 Å². The van der Waals surface area contributed by atoms with Gasteiger partial charge in [0, 0.05) is 5.92 Å². The summed E-state index contributed by atoms with van der Waals surface area (Å²) in [5.74, 6) is -0.446. The highest BCUT2D eigenvalue weighted by atomic mass is 32.2. The van der Waals surface area contributed by atoms with E-state index in [-0.39, 0.29) is 24.2 Å². The van der Waals surface area contributed by atoms with Gasteiger partial charge in [-0.25, -0.2) is 18.4 Å². The second-order valence-corrected chi connectivity index (χ2v) is 5.93. The molecule has 2 rings (SSSR count). The van der Waals surface area contributed by atoms with E-state index in [1.807, 2.05) is 13.8 Å². The standard InChI is InChI=1S/C11H13N3O6S/c1-6(2)10-13-8(20-14-10)5-18-11(15)7-3-4-9(19-7)21(12,16)17/h3-4,6H,5H2,1-2H3,(H2,12,16,17). The van der Waals surface area contributed by atoms with Gasteiger partial charge in [0.05, 0.1) is 0 Å². The van der Waals surface area contributed by atoms with Gasteiger partial charge in [0.15, 0.2) is 12.4 Å². The molecule has 2 aromatic rings. The van der Waals surface area contributed by atoms with Gasteiger partial charge >= 0.3 is 5.97 Å². The summed E-state index contributed by atoms with van der Waals surface area (Å²) in [6.45, 7) is 3.53. The summed E-state index contributed by atoms with van der Waals surface area (Å²) in [6.07, 6.45) is 0. The number of hydrogen-bond acceptors (Lipinski definition) is 8. The van der Waals surface area contributed by atoms with E-state index >= 15 is 0 Å². The molecule has 0 aliphatic carbocycles. The Hall–Kier alpha value is -2.20. The van der Waals surface area contributed by atoms with Gasteiger partial charge < -0.3 is 13.7 Å². The zero-order valence-corrected chi connectivity index (χ0v) is 12.1. The summed E-state index contributed by atoms with van der Waals surface area (Å²) in [4.78, 5) is 15.7. The number of carbonyl (C=O) groups is 1. The lowest BCUT2D eigenvalue weighted by Crippen LogP contribution is -2.11. The van der Waals surface area contributed by atoms with E-state index in [0.29, 0.717) is 5.82 Å². The molecule has 2 aromatic heterocycles. The van der Waals surface area contributed by atoms with Crippen LogP contribution in [0.3, 0.4) is 0 Å². The summed E-state index contributed by atoms with van der Waals surface area (Å²) in [5, 5.41) is 8.05. The Morgan fingerprint density at radius 2 is 2.14 bits per heavy atom. The minimum Gasteiger partial charge on any atom is -0.450 e. The first-order valence-electron chi connectivity index (χ1n) is 5.89. The van der Waals surface area contributed by atoms with Crippen molar-refractivity contribution in [1.29, 1.82) is 0 Å². The minimum atomic E-state index is -4.00. The number of carbonyl (C=O) groups excluding carboxylic acids is 1. The lowest BCUT2D eigenvalue weighted by Gasteiger charge is -1.98. The lowest BCUT2D eigenvalue weighted by molar-refractivity contribution is 0.0388. The highest BCUT2D eigenvalue weighted by Crippen LogP contribution is 2.14. The van der Waals surface area contributed by atoms with Crippen molar-refractivity contribution in [3.63, 3.8) is 0 Å². The van der Waals surface area contributed by atoms with Gasteiger partial charge in [-0.2, -0.15) is 4.98 Å². The lowest BCUT2D eigenvalue weighted by atomic mass is 10.2. The zero-order chi connectivity index (χ0) is 15.6. The van der Waals surface area contributed by atoms with E-state index in [1.54, 1.807) is 0 Å². The number of nitrogens with zero attached hydrogens (tertiary/aromatic N) is 2. The van der Waals surface area contributed by atoms with Gasteiger partial charge in [-0.15, -0.1) is 0 Å². The number of ether oxygens (including phenoxy) is 1. The molecule has 0 spiro atoms. The number of hydrogen-bond donors (Lipinski definition) is 1. The number of esters is 1. The van der Waals surface area contributed by atoms with Gasteiger partial charge in [0.25, 0.3) is 15.9 Å². The number of furan rings is 1. The number of nitrogens with two attached hydrogens (primary N) is 1. The van der Waals surface area contributed by atoms with Crippen molar-refractivity contribution < 1.29 is 26.9 Å². The molecule has 0 aliphatic heterocycles. The number of rotatable bonds is 5. The molecular formula is C11H13N3O6S. The third-order valence-corrected chi connectivity index (χ3v) is 3.17. The normalized spacial score (nSPS) is 11.8. The molecule has 0 bridgehead atoms. The van der Waals surface area contributed by atoms with Crippen molar-refractivity contribution in [2.75, 3.05) is 0 Å². The van der Waals surface area contributed by atoms with Crippen LogP contribution in [0.15, 0.2) is 26.2 Å². The van der Waals surface area contributed by atoms with Crippen molar-refractivity contribution in [3.8, 4) is 0 Å². The topological polar surface area (TPSA) is 139 Å². The molecule has 0 saturated carbocycles. The molecule has 0 unspecified atom stereocenters. The van der Waals surface area contributed by atoms with E-state index in [2.05, 4.69) is 10.1 Å². The van der Waals surface area contributed by atoms with Gasteiger partial charge in [-0.3, -0.25) is 0 Å². The van der Waals surface area contributed by atoms with E-state index < -0.39 is 21.1 Å². The fraction of sp³-hybridized carbons (Fsp3) is 0.364. The molecule has 0 aliphatic rings. The van der Waals surface area contributed by atoms with Crippen LogP contribution in [-0.2, 0) is 21.4 Å². The monoisotopic (exact) mass is 315 g/mol. The highest BCUT2D eigenvalue weighted by Gasteiger charge is 2.19. The largest absolute Gasteiger partial charge is 0.450 e. The van der Waals surface area contributed by atoms with Crippen molar-refractivity contribution in [2.24, 2.45) is 5.14 Å². The van der Waals surface area contributed by atoms with E-state index in [1.165, 1.54) is 0 Å². The van der Waals surface area contributed by atoms with E-state index in [4.69, 9.17) is 18.8 Å². The summed E-state index contributed by atoms with van der Waals surface area (Å²) in [6, 6.07) is 2.21. The molecule has 2 heterocycles. The van der Waals surface area contributed by atoms with Crippen molar-refractivity contribution in [2.45, 2.75) is 31.5 Å². The van der Waals surface area contributed by atoms with E-state index in [9.17, 15) is 13.2 Å². The maximum absolute atomic E-state index is 11.7. The molecule has 0 saturated heterocycles. The highest BCUT2D eigenvalue weighted by molar-refractivity contribution is 7.89. The Bertz CT molecular complexity index is 746. The predicted molar refractivity (Wildman–Crippen MR) is 67.6 cm³/mol. The second-order valence-electron chi connectivity index (χ2n) is 4.44. The third kappa shape index (κ3) is 3.67. The summed E-state index contributed by atoms with van der Waals surface area (Å²) >= 11 is 0. The smallest absolute Gasteiger partial charge is 0.374 e. The van der Waals surface area contributed by atoms with Gasteiger partial charge in [-0.1, -0.05) is 19.0 Å².